The molecule has 0 radical (unpaired) electrons. The summed E-state index contributed by atoms with van der Waals surface area (Å²) < 4.78 is 0. The summed E-state index contributed by atoms with van der Waals surface area (Å²) in [5, 5.41) is 7.27. The molecule has 0 atom stereocenters. The normalized spacial score (nSPS) is 14.0. The van der Waals surface area contributed by atoms with Crippen molar-refractivity contribution in [3.05, 3.63) is 35.5 Å². The fourth-order valence-electron chi connectivity index (χ4n) is 2.42. The first-order valence-corrected chi connectivity index (χ1v) is 6.33. The summed E-state index contributed by atoms with van der Waals surface area (Å²) in [4.78, 5) is 13.4. The minimum atomic E-state index is 0.137. The predicted molar refractivity (Wildman–Crippen MR) is 73.9 cm³/mol. The van der Waals surface area contributed by atoms with E-state index in [0.717, 1.165) is 34.6 Å². The Labute approximate surface area is 111 Å². The van der Waals surface area contributed by atoms with Crippen molar-refractivity contribution in [1.29, 1.82) is 0 Å². The second kappa shape index (κ2) is 4.51. The number of rotatable bonds is 3. The molecular formula is C14H16N4O. The summed E-state index contributed by atoms with van der Waals surface area (Å²) in [6.45, 7) is 0.602. The van der Waals surface area contributed by atoms with E-state index in [1.807, 2.05) is 31.3 Å². The lowest BCUT2D eigenvalue weighted by molar-refractivity contribution is -0.117. The first kappa shape index (κ1) is 11.9. The zero-order valence-electron chi connectivity index (χ0n) is 10.8. The molecule has 5 nitrogen and oxygen atoms in total. The summed E-state index contributed by atoms with van der Waals surface area (Å²) in [5.41, 5.74) is 10.5. The number of amides is 1. The van der Waals surface area contributed by atoms with Crippen LogP contribution in [0, 0.1) is 0 Å². The van der Waals surface area contributed by atoms with Crippen molar-refractivity contribution < 1.29 is 4.79 Å². The van der Waals surface area contributed by atoms with Crippen molar-refractivity contribution in [2.45, 2.75) is 12.8 Å². The molecule has 1 aromatic carbocycles. The smallest absolute Gasteiger partial charge is 0.231 e. The van der Waals surface area contributed by atoms with Crippen LogP contribution in [0.1, 0.15) is 11.3 Å². The van der Waals surface area contributed by atoms with Crippen LogP contribution in [0.3, 0.4) is 0 Å². The molecule has 98 valence electrons. The zero-order chi connectivity index (χ0) is 13.4. The Morgan fingerprint density at radius 3 is 3.05 bits per heavy atom. The van der Waals surface area contributed by atoms with Crippen LogP contribution in [0.5, 0.6) is 0 Å². The van der Waals surface area contributed by atoms with Crippen LogP contribution in [0.2, 0.25) is 0 Å². The van der Waals surface area contributed by atoms with E-state index in [2.05, 4.69) is 10.2 Å². The van der Waals surface area contributed by atoms with E-state index < -0.39 is 0 Å². The Morgan fingerprint density at radius 1 is 1.42 bits per heavy atom. The Balaban J connectivity index is 1.94. The van der Waals surface area contributed by atoms with Crippen LogP contribution in [-0.2, 0) is 17.6 Å². The lowest BCUT2D eigenvalue weighted by Gasteiger charge is -2.09. The van der Waals surface area contributed by atoms with Gasteiger partial charge < -0.3 is 10.6 Å². The van der Waals surface area contributed by atoms with Crippen molar-refractivity contribution in [2.24, 2.45) is 5.73 Å². The van der Waals surface area contributed by atoms with Gasteiger partial charge in [-0.15, -0.1) is 0 Å². The first-order valence-electron chi connectivity index (χ1n) is 6.33. The number of likely N-dealkylation sites (N-methyl/N-ethyl adjacent to an activating group) is 1. The number of carbonyl (C=O) groups is 1. The maximum atomic E-state index is 11.7. The Hall–Kier alpha value is -2.14. The van der Waals surface area contributed by atoms with Crippen molar-refractivity contribution in [3.63, 3.8) is 0 Å². The minimum Gasteiger partial charge on any atom is -0.330 e. The Kier molecular flexibility index (Phi) is 2.83. The van der Waals surface area contributed by atoms with Gasteiger partial charge in [0.2, 0.25) is 5.91 Å². The van der Waals surface area contributed by atoms with Gasteiger partial charge in [-0.05, 0) is 30.3 Å². The van der Waals surface area contributed by atoms with Gasteiger partial charge in [0.1, 0.15) is 0 Å². The third-order valence-corrected chi connectivity index (χ3v) is 3.50. The number of hydrogen-bond donors (Lipinski definition) is 2. The minimum absolute atomic E-state index is 0.137. The van der Waals surface area contributed by atoms with E-state index in [4.69, 9.17) is 5.73 Å². The molecule has 0 saturated carbocycles. The van der Waals surface area contributed by atoms with Crippen molar-refractivity contribution in [3.8, 4) is 11.3 Å². The molecule has 0 unspecified atom stereocenters. The summed E-state index contributed by atoms with van der Waals surface area (Å²) in [6, 6.07) is 8.03. The van der Waals surface area contributed by atoms with Gasteiger partial charge in [0, 0.05) is 30.4 Å². The van der Waals surface area contributed by atoms with Gasteiger partial charge >= 0.3 is 0 Å². The zero-order valence-corrected chi connectivity index (χ0v) is 10.8. The van der Waals surface area contributed by atoms with Gasteiger partial charge in [0.05, 0.1) is 12.1 Å². The molecule has 3 rings (SSSR count). The number of carbonyl (C=O) groups excluding carboxylic acids is 1. The number of nitrogens with zero attached hydrogens (tertiary/aromatic N) is 2. The van der Waals surface area contributed by atoms with E-state index in [1.54, 1.807) is 4.90 Å². The molecule has 1 aliphatic rings. The third kappa shape index (κ3) is 2.02. The van der Waals surface area contributed by atoms with E-state index in [-0.39, 0.29) is 5.91 Å². The van der Waals surface area contributed by atoms with Gasteiger partial charge in [0.25, 0.3) is 0 Å². The highest BCUT2D eigenvalue weighted by molar-refractivity contribution is 6.01. The molecule has 0 fully saturated rings. The average molecular weight is 256 g/mol. The Morgan fingerprint density at radius 2 is 2.26 bits per heavy atom. The number of fused-ring (bicyclic) bond motifs is 1. The molecule has 1 aromatic heterocycles. The largest absolute Gasteiger partial charge is 0.330 e. The number of nitrogens with two attached hydrogens (primary N) is 1. The molecule has 19 heavy (non-hydrogen) atoms. The number of benzene rings is 1. The van der Waals surface area contributed by atoms with Crippen LogP contribution < -0.4 is 10.6 Å². The topological polar surface area (TPSA) is 75.0 Å². The summed E-state index contributed by atoms with van der Waals surface area (Å²) in [7, 11) is 1.81. The van der Waals surface area contributed by atoms with Crippen LogP contribution in [0.15, 0.2) is 24.3 Å². The van der Waals surface area contributed by atoms with Crippen LogP contribution in [0.4, 0.5) is 5.69 Å². The lowest BCUT2D eigenvalue weighted by atomic mass is 10.1. The highest BCUT2D eigenvalue weighted by atomic mass is 16.2. The second-order valence-electron chi connectivity index (χ2n) is 4.79. The van der Waals surface area contributed by atoms with Gasteiger partial charge in [0.15, 0.2) is 0 Å². The van der Waals surface area contributed by atoms with Crippen molar-refractivity contribution >= 4 is 11.6 Å². The standard InChI is InChI=1S/C14H16N4O/c1-18-13-3-2-9(6-10(13)7-14(18)19)12-8-11(4-5-15)16-17-12/h2-3,6,8H,4-5,7,15H2,1H3,(H,16,17). The fourth-order valence-corrected chi connectivity index (χ4v) is 2.42. The predicted octanol–water partition coefficient (Wildman–Crippen LogP) is 1.10. The van der Waals surface area contributed by atoms with Crippen LogP contribution in [0.25, 0.3) is 11.3 Å². The number of aromatic nitrogens is 2. The third-order valence-electron chi connectivity index (χ3n) is 3.50. The van der Waals surface area contributed by atoms with Gasteiger partial charge in [-0.1, -0.05) is 6.07 Å². The van der Waals surface area contributed by atoms with Gasteiger partial charge in [-0.25, -0.2) is 0 Å². The molecule has 1 amide bonds. The van der Waals surface area contributed by atoms with E-state index in [1.165, 1.54) is 0 Å². The molecule has 2 aromatic rings. The number of H-pyrrole nitrogens is 1. The molecule has 0 spiro atoms. The number of anilines is 1. The second-order valence-corrected chi connectivity index (χ2v) is 4.79. The fraction of sp³-hybridized carbons (Fsp3) is 0.286. The molecule has 0 aliphatic carbocycles. The average Bonchev–Trinajstić information content (AvgIpc) is 2.96. The molecular weight excluding hydrogens is 240 g/mol. The summed E-state index contributed by atoms with van der Waals surface area (Å²) in [6.07, 6.45) is 1.26. The number of hydrogen-bond acceptors (Lipinski definition) is 3. The molecule has 1 aliphatic heterocycles. The maximum absolute atomic E-state index is 11.7. The van der Waals surface area contributed by atoms with E-state index in [9.17, 15) is 4.79 Å². The molecule has 3 N–H and O–H groups in total. The summed E-state index contributed by atoms with van der Waals surface area (Å²) in [5.74, 6) is 0.137. The van der Waals surface area contributed by atoms with Crippen LogP contribution in [-0.4, -0.2) is 29.7 Å². The maximum Gasteiger partial charge on any atom is 0.231 e. The molecule has 2 heterocycles. The number of nitrogens with one attached hydrogen (secondary N) is 1. The Bertz CT molecular complexity index is 632. The van der Waals surface area contributed by atoms with Crippen LogP contribution >= 0.6 is 0 Å². The molecule has 0 bridgehead atoms. The number of aromatic amines is 1. The SMILES string of the molecule is CN1C(=O)Cc2cc(-c3cc(CCN)[nH]n3)ccc21. The van der Waals surface area contributed by atoms with Crippen molar-refractivity contribution in [1.82, 2.24) is 10.2 Å². The highest BCUT2D eigenvalue weighted by Crippen LogP contribution is 2.31. The molecule has 0 saturated heterocycles. The quantitative estimate of drug-likeness (QED) is 0.863. The van der Waals surface area contributed by atoms with E-state index in [0.29, 0.717) is 13.0 Å². The van der Waals surface area contributed by atoms with Crippen molar-refractivity contribution in [2.75, 3.05) is 18.5 Å². The van der Waals surface area contributed by atoms with Gasteiger partial charge in [-0.2, -0.15) is 5.10 Å². The lowest BCUT2D eigenvalue weighted by Crippen LogP contribution is -2.20. The van der Waals surface area contributed by atoms with E-state index >= 15 is 0 Å². The molecule has 5 heteroatoms. The van der Waals surface area contributed by atoms with Gasteiger partial charge in [-0.3, -0.25) is 9.89 Å². The summed E-state index contributed by atoms with van der Waals surface area (Å²) >= 11 is 0. The highest BCUT2D eigenvalue weighted by Gasteiger charge is 2.24. The monoisotopic (exact) mass is 256 g/mol. The first-order chi connectivity index (χ1) is 9.19.